The molecule has 16 heavy (non-hydrogen) atoms. The Labute approximate surface area is 96.9 Å². The lowest BCUT2D eigenvalue weighted by Gasteiger charge is -1.88. The molecule has 0 atom stereocenters. The minimum Gasteiger partial charge on any atom is -0.337 e. The summed E-state index contributed by atoms with van der Waals surface area (Å²) in [5.41, 5.74) is 7.67. The molecular weight excluding hydrogens is 218 g/mol. The number of nitrogens with one attached hydrogen (secondary N) is 1. The van der Waals surface area contributed by atoms with Crippen LogP contribution in [0.4, 0.5) is 0 Å². The second kappa shape index (κ2) is 3.73. The minimum atomic E-state index is 0.588. The summed E-state index contributed by atoms with van der Waals surface area (Å²) in [6, 6.07) is 12.1. The van der Waals surface area contributed by atoms with Gasteiger partial charge in [-0.25, -0.2) is 4.98 Å². The van der Waals surface area contributed by atoms with Crippen LogP contribution in [-0.2, 0) is 6.54 Å². The highest BCUT2D eigenvalue weighted by Gasteiger charge is 2.06. The molecule has 0 unspecified atom stereocenters. The smallest absolute Gasteiger partial charge is 0.148 e. The number of rotatable bonds is 2. The van der Waals surface area contributed by atoms with E-state index in [9.17, 15) is 0 Å². The van der Waals surface area contributed by atoms with Crippen LogP contribution in [0.15, 0.2) is 36.4 Å². The molecule has 0 amide bonds. The van der Waals surface area contributed by atoms with Gasteiger partial charge in [0.2, 0.25) is 0 Å². The monoisotopic (exact) mass is 229 g/mol. The van der Waals surface area contributed by atoms with Crippen LogP contribution in [0.3, 0.4) is 0 Å². The number of thiophene rings is 1. The van der Waals surface area contributed by atoms with E-state index in [1.807, 2.05) is 30.3 Å². The summed E-state index contributed by atoms with van der Waals surface area (Å²) in [6.07, 6.45) is 0. The fourth-order valence-electron chi connectivity index (χ4n) is 1.68. The van der Waals surface area contributed by atoms with E-state index in [0.29, 0.717) is 6.54 Å². The largest absolute Gasteiger partial charge is 0.337 e. The first-order chi connectivity index (χ1) is 7.86. The molecule has 3 rings (SSSR count). The molecule has 0 saturated heterocycles. The number of benzene rings is 1. The van der Waals surface area contributed by atoms with Gasteiger partial charge in [-0.15, -0.1) is 11.3 Å². The molecular formula is C12H11N3S. The maximum Gasteiger partial charge on any atom is 0.148 e. The lowest BCUT2D eigenvalue weighted by Crippen LogP contribution is -1.91. The van der Waals surface area contributed by atoms with Gasteiger partial charge in [0.05, 0.1) is 15.9 Å². The van der Waals surface area contributed by atoms with Gasteiger partial charge in [-0.05, 0) is 24.3 Å². The van der Waals surface area contributed by atoms with Crippen molar-refractivity contribution in [1.29, 1.82) is 0 Å². The van der Waals surface area contributed by atoms with Crippen molar-refractivity contribution in [1.82, 2.24) is 9.97 Å². The summed E-state index contributed by atoms with van der Waals surface area (Å²) in [7, 11) is 0. The third-order valence-corrected chi connectivity index (χ3v) is 3.60. The van der Waals surface area contributed by atoms with Crippen LogP contribution in [0.1, 0.15) is 4.88 Å². The molecule has 0 aliphatic heterocycles. The molecule has 0 saturated carbocycles. The van der Waals surface area contributed by atoms with E-state index in [2.05, 4.69) is 16.0 Å². The number of nitrogens with zero attached hydrogens (tertiary/aromatic N) is 1. The van der Waals surface area contributed by atoms with Gasteiger partial charge < -0.3 is 10.7 Å². The third-order valence-electron chi connectivity index (χ3n) is 2.49. The van der Waals surface area contributed by atoms with Gasteiger partial charge in [0, 0.05) is 11.4 Å². The van der Waals surface area contributed by atoms with Crippen molar-refractivity contribution in [3.63, 3.8) is 0 Å². The number of hydrogen-bond acceptors (Lipinski definition) is 3. The second-order valence-corrected chi connectivity index (χ2v) is 4.74. The van der Waals surface area contributed by atoms with Gasteiger partial charge in [-0.2, -0.15) is 0 Å². The Morgan fingerprint density at radius 1 is 1.19 bits per heavy atom. The molecule has 4 heteroatoms. The maximum absolute atomic E-state index is 5.60. The topological polar surface area (TPSA) is 54.7 Å². The van der Waals surface area contributed by atoms with E-state index < -0.39 is 0 Å². The highest BCUT2D eigenvalue weighted by atomic mass is 32.1. The quantitative estimate of drug-likeness (QED) is 0.710. The van der Waals surface area contributed by atoms with Gasteiger partial charge in [0.1, 0.15) is 5.82 Å². The Hall–Kier alpha value is -1.65. The number of aromatic nitrogens is 2. The maximum atomic E-state index is 5.60. The normalized spacial score (nSPS) is 11.1. The lowest BCUT2D eigenvalue weighted by atomic mass is 10.3. The van der Waals surface area contributed by atoms with Gasteiger partial charge in [0.25, 0.3) is 0 Å². The standard InChI is InChI=1S/C12H11N3S/c13-7-8-5-6-11(16-8)12-14-9-3-1-2-4-10(9)15-12/h1-6H,7,13H2,(H,14,15). The van der Waals surface area contributed by atoms with Gasteiger partial charge in [-0.3, -0.25) is 0 Å². The fraction of sp³-hybridized carbons (Fsp3) is 0.0833. The van der Waals surface area contributed by atoms with Crippen molar-refractivity contribution in [2.45, 2.75) is 6.54 Å². The van der Waals surface area contributed by atoms with Gasteiger partial charge >= 0.3 is 0 Å². The van der Waals surface area contributed by atoms with Gasteiger partial charge in [-0.1, -0.05) is 12.1 Å². The molecule has 2 aromatic heterocycles. The number of hydrogen-bond donors (Lipinski definition) is 2. The Balaban J connectivity index is 2.11. The molecule has 0 radical (unpaired) electrons. The Morgan fingerprint density at radius 2 is 2.06 bits per heavy atom. The van der Waals surface area contributed by atoms with E-state index >= 15 is 0 Å². The SMILES string of the molecule is NCc1ccc(-c2nc3ccccc3[nH]2)s1. The lowest BCUT2D eigenvalue weighted by molar-refractivity contribution is 1.11. The van der Waals surface area contributed by atoms with E-state index in [4.69, 9.17) is 5.73 Å². The summed E-state index contributed by atoms with van der Waals surface area (Å²) in [6.45, 7) is 0.588. The number of H-pyrrole nitrogens is 1. The van der Waals surface area contributed by atoms with Gasteiger partial charge in [0.15, 0.2) is 0 Å². The van der Waals surface area contributed by atoms with Crippen molar-refractivity contribution < 1.29 is 0 Å². The zero-order valence-corrected chi connectivity index (χ0v) is 9.42. The van der Waals surface area contributed by atoms with Crippen LogP contribution in [0.5, 0.6) is 0 Å². The van der Waals surface area contributed by atoms with Crippen molar-refractivity contribution in [3.8, 4) is 10.7 Å². The third kappa shape index (κ3) is 1.52. The molecule has 0 aliphatic carbocycles. The average Bonchev–Trinajstić information content (AvgIpc) is 2.95. The van der Waals surface area contributed by atoms with E-state index in [-0.39, 0.29) is 0 Å². The predicted octanol–water partition coefficient (Wildman–Crippen LogP) is 2.75. The van der Waals surface area contributed by atoms with E-state index in [1.54, 1.807) is 11.3 Å². The number of imidazole rings is 1. The molecule has 1 aromatic carbocycles. The van der Waals surface area contributed by atoms with Crippen molar-refractivity contribution in [2.24, 2.45) is 5.73 Å². The van der Waals surface area contributed by atoms with Crippen LogP contribution in [0, 0.1) is 0 Å². The van der Waals surface area contributed by atoms with Crippen LogP contribution >= 0.6 is 11.3 Å². The molecule has 0 bridgehead atoms. The number of fused-ring (bicyclic) bond motifs is 1. The minimum absolute atomic E-state index is 0.588. The van der Waals surface area contributed by atoms with Crippen molar-refractivity contribution >= 4 is 22.4 Å². The molecule has 2 heterocycles. The average molecular weight is 229 g/mol. The zero-order chi connectivity index (χ0) is 11.0. The van der Waals surface area contributed by atoms with Crippen LogP contribution in [0.25, 0.3) is 21.7 Å². The van der Waals surface area contributed by atoms with Crippen LogP contribution < -0.4 is 5.73 Å². The summed E-state index contributed by atoms with van der Waals surface area (Å²) < 4.78 is 0. The summed E-state index contributed by atoms with van der Waals surface area (Å²) >= 11 is 1.68. The highest BCUT2D eigenvalue weighted by molar-refractivity contribution is 7.15. The molecule has 0 aliphatic rings. The molecule has 3 aromatic rings. The van der Waals surface area contributed by atoms with Crippen LogP contribution in [0.2, 0.25) is 0 Å². The zero-order valence-electron chi connectivity index (χ0n) is 8.60. The molecule has 80 valence electrons. The molecule has 3 nitrogen and oxygen atoms in total. The fourth-order valence-corrected chi connectivity index (χ4v) is 2.52. The molecule has 0 spiro atoms. The summed E-state index contributed by atoms with van der Waals surface area (Å²) in [5.74, 6) is 0.922. The van der Waals surface area contributed by atoms with Crippen molar-refractivity contribution in [3.05, 3.63) is 41.3 Å². The number of para-hydroxylation sites is 2. The highest BCUT2D eigenvalue weighted by Crippen LogP contribution is 2.27. The molecule has 3 N–H and O–H groups in total. The van der Waals surface area contributed by atoms with Crippen LogP contribution in [-0.4, -0.2) is 9.97 Å². The summed E-state index contributed by atoms with van der Waals surface area (Å²) in [4.78, 5) is 10.2. The first-order valence-electron chi connectivity index (χ1n) is 5.11. The first-order valence-corrected chi connectivity index (χ1v) is 5.92. The van der Waals surface area contributed by atoms with E-state index in [1.165, 1.54) is 4.88 Å². The number of nitrogens with two attached hydrogens (primary N) is 1. The summed E-state index contributed by atoms with van der Waals surface area (Å²) in [5, 5.41) is 0. The predicted molar refractivity (Wildman–Crippen MR) is 67.3 cm³/mol. The van der Waals surface area contributed by atoms with Crippen molar-refractivity contribution in [2.75, 3.05) is 0 Å². The first kappa shape index (κ1) is 9.57. The Bertz CT molecular complexity index is 591. The number of aromatic amines is 1. The second-order valence-electron chi connectivity index (χ2n) is 3.57. The van der Waals surface area contributed by atoms with E-state index in [0.717, 1.165) is 21.7 Å². The Morgan fingerprint density at radius 3 is 2.81 bits per heavy atom. The Kier molecular flexibility index (Phi) is 2.23. The molecule has 0 fully saturated rings.